The van der Waals surface area contributed by atoms with Gasteiger partial charge < -0.3 is 19.6 Å². The number of hydrogen-bond acceptors (Lipinski definition) is 4. The van der Waals surface area contributed by atoms with Crippen LogP contribution in [0.15, 0.2) is 47.1 Å². The van der Waals surface area contributed by atoms with Gasteiger partial charge in [-0.25, -0.2) is 0 Å². The lowest BCUT2D eigenvalue weighted by Crippen LogP contribution is -2.46. The normalized spacial score (nSPS) is 17.7. The summed E-state index contributed by atoms with van der Waals surface area (Å²) in [6.45, 7) is 0.143. The Hall–Kier alpha value is -2.27. The molecular formula is C20H25NO4. The van der Waals surface area contributed by atoms with Gasteiger partial charge in [0.25, 0.3) is 0 Å². The van der Waals surface area contributed by atoms with Gasteiger partial charge in [0.05, 0.1) is 25.3 Å². The first-order valence-electron chi connectivity index (χ1n) is 8.80. The zero-order valence-electron chi connectivity index (χ0n) is 14.5. The van der Waals surface area contributed by atoms with Gasteiger partial charge in [-0.15, -0.1) is 0 Å². The molecule has 1 atom stereocenters. The maximum atomic E-state index is 13.1. The molecule has 0 saturated heterocycles. The second-order valence-electron chi connectivity index (χ2n) is 6.61. The molecule has 1 aromatic heterocycles. The van der Waals surface area contributed by atoms with Crippen molar-refractivity contribution >= 4 is 5.91 Å². The number of rotatable bonds is 6. The molecule has 2 aromatic rings. The summed E-state index contributed by atoms with van der Waals surface area (Å²) in [6, 6.07) is 11.2. The van der Waals surface area contributed by atoms with Crippen LogP contribution in [-0.4, -0.2) is 24.7 Å². The summed E-state index contributed by atoms with van der Waals surface area (Å²) < 4.78 is 10.4. The van der Waals surface area contributed by atoms with E-state index in [9.17, 15) is 9.90 Å². The van der Waals surface area contributed by atoms with Gasteiger partial charge in [0.2, 0.25) is 5.91 Å². The van der Waals surface area contributed by atoms with Crippen LogP contribution in [0, 0.1) is 0 Å². The number of nitrogens with one attached hydrogen (secondary N) is 1. The van der Waals surface area contributed by atoms with E-state index in [4.69, 9.17) is 9.15 Å². The fourth-order valence-corrected chi connectivity index (χ4v) is 3.65. The number of amides is 1. The van der Waals surface area contributed by atoms with Crippen LogP contribution in [0.2, 0.25) is 0 Å². The van der Waals surface area contributed by atoms with Crippen molar-refractivity contribution in [3.63, 3.8) is 0 Å². The zero-order valence-corrected chi connectivity index (χ0v) is 14.5. The van der Waals surface area contributed by atoms with E-state index in [1.165, 1.54) is 6.26 Å². The molecule has 25 heavy (non-hydrogen) atoms. The molecule has 1 unspecified atom stereocenters. The number of hydrogen-bond donors (Lipinski definition) is 2. The topological polar surface area (TPSA) is 71.7 Å². The van der Waals surface area contributed by atoms with Crippen molar-refractivity contribution in [2.24, 2.45) is 0 Å². The molecule has 134 valence electrons. The van der Waals surface area contributed by atoms with Crippen LogP contribution in [0.4, 0.5) is 0 Å². The van der Waals surface area contributed by atoms with Gasteiger partial charge in [0, 0.05) is 0 Å². The second-order valence-corrected chi connectivity index (χ2v) is 6.61. The molecule has 0 bridgehead atoms. The molecule has 1 saturated carbocycles. The van der Waals surface area contributed by atoms with Crippen molar-refractivity contribution in [1.29, 1.82) is 0 Å². The Labute approximate surface area is 148 Å². The monoisotopic (exact) mass is 343 g/mol. The van der Waals surface area contributed by atoms with Gasteiger partial charge in [0.15, 0.2) is 0 Å². The Balaban J connectivity index is 1.75. The van der Waals surface area contributed by atoms with E-state index in [0.29, 0.717) is 5.76 Å². The van der Waals surface area contributed by atoms with Crippen LogP contribution in [-0.2, 0) is 10.2 Å². The van der Waals surface area contributed by atoms with Gasteiger partial charge in [0.1, 0.15) is 17.6 Å². The number of aliphatic hydroxyl groups excluding tert-OH is 1. The van der Waals surface area contributed by atoms with Gasteiger partial charge in [-0.3, -0.25) is 4.79 Å². The molecule has 2 N–H and O–H groups in total. The van der Waals surface area contributed by atoms with E-state index in [-0.39, 0.29) is 12.5 Å². The molecule has 0 radical (unpaired) electrons. The number of benzene rings is 1. The van der Waals surface area contributed by atoms with Crippen molar-refractivity contribution in [1.82, 2.24) is 5.32 Å². The third kappa shape index (κ3) is 3.71. The fourth-order valence-electron chi connectivity index (χ4n) is 3.65. The molecule has 0 aliphatic heterocycles. The highest BCUT2D eigenvalue weighted by Crippen LogP contribution is 2.40. The van der Waals surface area contributed by atoms with Crippen molar-refractivity contribution in [2.45, 2.75) is 43.6 Å². The Kier molecular flexibility index (Phi) is 5.43. The van der Waals surface area contributed by atoms with Gasteiger partial charge in [-0.2, -0.15) is 0 Å². The smallest absolute Gasteiger partial charge is 0.230 e. The Morgan fingerprint density at radius 1 is 1.24 bits per heavy atom. The maximum Gasteiger partial charge on any atom is 0.230 e. The second kappa shape index (κ2) is 7.74. The zero-order chi connectivity index (χ0) is 17.7. The number of carbonyl (C=O) groups is 1. The first-order chi connectivity index (χ1) is 12.2. The number of carbonyl (C=O) groups excluding carboxylic acids is 1. The minimum absolute atomic E-state index is 0.0250. The molecule has 0 spiro atoms. The van der Waals surface area contributed by atoms with Crippen LogP contribution in [0.25, 0.3) is 0 Å². The summed E-state index contributed by atoms with van der Waals surface area (Å²) in [5, 5.41) is 13.1. The van der Waals surface area contributed by atoms with Crippen molar-refractivity contribution in [2.75, 3.05) is 13.7 Å². The van der Waals surface area contributed by atoms with Crippen LogP contribution in [0.5, 0.6) is 5.75 Å². The predicted molar refractivity (Wildman–Crippen MR) is 94.4 cm³/mol. The van der Waals surface area contributed by atoms with Crippen LogP contribution in [0.1, 0.15) is 49.5 Å². The summed E-state index contributed by atoms with van der Waals surface area (Å²) in [6.07, 6.45) is 5.53. The maximum absolute atomic E-state index is 13.1. The summed E-state index contributed by atoms with van der Waals surface area (Å²) in [7, 11) is 1.63. The van der Waals surface area contributed by atoms with E-state index in [1.54, 1.807) is 19.2 Å². The van der Waals surface area contributed by atoms with Crippen LogP contribution < -0.4 is 10.1 Å². The average molecular weight is 343 g/mol. The van der Waals surface area contributed by atoms with Crippen molar-refractivity contribution in [3.05, 3.63) is 54.0 Å². The Bertz CT molecular complexity index is 672. The van der Waals surface area contributed by atoms with Crippen molar-refractivity contribution < 1.29 is 19.1 Å². The minimum atomic E-state index is -0.838. The SMILES string of the molecule is COc1ccc(C2(C(=O)NCC(O)c3ccco3)CCCCC2)cc1. The number of ether oxygens (including phenoxy) is 1. The summed E-state index contributed by atoms with van der Waals surface area (Å²) in [5.74, 6) is 1.22. The molecule has 1 amide bonds. The minimum Gasteiger partial charge on any atom is -0.497 e. The molecule has 3 rings (SSSR count). The van der Waals surface area contributed by atoms with E-state index < -0.39 is 11.5 Å². The van der Waals surface area contributed by atoms with E-state index in [0.717, 1.165) is 43.4 Å². The Morgan fingerprint density at radius 3 is 2.56 bits per heavy atom. The average Bonchev–Trinajstić information content (AvgIpc) is 3.21. The third-order valence-electron chi connectivity index (χ3n) is 5.11. The van der Waals surface area contributed by atoms with Gasteiger partial charge in [-0.1, -0.05) is 31.4 Å². The molecule has 1 aliphatic rings. The Morgan fingerprint density at radius 2 is 1.96 bits per heavy atom. The lowest BCUT2D eigenvalue weighted by molar-refractivity contribution is -0.128. The summed E-state index contributed by atoms with van der Waals surface area (Å²) >= 11 is 0. The highest BCUT2D eigenvalue weighted by atomic mass is 16.5. The fraction of sp³-hybridized carbons (Fsp3) is 0.450. The molecule has 1 fully saturated rings. The molecular weight excluding hydrogens is 318 g/mol. The number of aliphatic hydroxyl groups is 1. The van der Waals surface area contributed by atoms with E-state index in [2.05, 4.69) is 5.32 Å². The lowest BCUT2D eigenvalue weighted by atomic mass is 9.68. The highest BCUT2D eigenvalue weighted by Gasteiger charge is 2.41. The first kappa shape index (κ1) is 17.5. The van der Waals surface area contributed by atoms with E-state index >= 15 is 0 Å². The lowest BCUT2D eigenvalue weighted by Gasteiger charge is -2.36. The third-order valence-corrected chi connectivity index (χ3v) is 5.11. The van der Waals surface area contributed by atoms with Crippen molar-refractivity contribution in [3.8, 4) is 5.75 Å². The largest absolute Gasteiger partial charge is 0.497 e. The van der Waals surface area contributed by atoms with Crippen LogP contribution >= 0.6 is 0 Å². The first-order valence-corrected chi connectivity index (χ1v) is 8.80. The molecule has 5 heteroatoms. The quantitative estimate of drug-likeness (QED) is 0.844. The summed E-state index contributed by atoms with van der Waals surface area (Å²) in [4.78, 5) is 13.1. The number of methoxy groups -OCH3 is 1. The number of furan rings is 1. The van der Waals surface area contributed by atoms with Crippen LogP contribution in [0.3, 0.4) is 0 Å². The van der Waals surface area contributed by atoms with Gasteiger partial charge >= 0.3 is 0 Å². The molecule has 5 nitrogen and oxygen atoms in total. The molecule has 1 aromatic carbocycles. The molecule has 1 heterocycles. The predicted octanol–water partition coefficient (Wildman–Crippen LogP) is 3.34. The summed E-state index contributed by atoms with van der Waals surface area (Å²) in [5.41, 5.74) is 0.478. The molecule has 1 aliphatic carbocycles. The standard InChI is InChI=1S/C20H25NO4/c1-24-16-9-7-15(8-10-16)20(11-3-2-4-12-20)19(23)21-14-17(22)18-6-5-13-25-18/h5-10,13,17,22H,2-4,11-12,14H2,1H3,(H,21,23). The highest BCUT2D eigenvalue weighted by molar-refractivity contribution is 5.88. The van der Waals surface area contributed by atoms with Gasteiger partial charge in [-0.05, 0) is 42.7 Å². The van der Waals surface area contributed by atoms with E-state index in [1.807, 2.05) is 24.3 Å².